The largest absolute Gasteiger partial charge is 0.497 e. The van der Waals surface area contributed by atoms with Crippen molar-refractivity contribution >= 4 is 11.1 Å². The van der Waals surface area contributed by atoms with Crippen LogP contribution in [0.1, 0.15) is 0 Å². The van der Waals surface area contributed by atoms with Crippen molar-refractivity contribution in [3.63, 3.8) is 0 Å². The van der Waals surface area contributed by atoms with Gasteiger partial charge in [-0.3, -0.25) is 4.98 Å². The predicted molar refractivity (Wildman–Crippen MR) is 112 cm³/mol. The summed E-state index contributed by atoms with van der Waals surface area (Å²) in [7, 11) is 6.25. The highest BCUT2D eigenvalue weighted by Gasteiger charge is 2.22. The number of nitrogens with one attached hydrogen (secondary N) is 1. The summed E-state index contributed by atoms with van der Waals surface area (Å²) in [6.07, 6.45) is 1.50. The number of ether oxygens (including phenoxy) is 4. The molecule has 154 valence electrons. The Morgan fingerprint density at radius 2 is 1.53 bits per heavy atom. The molecule has 0 bridgehead atoms. The van der Waals surface area contributed by atoms with Gasteiger partial charge < -0.3 is 23.4 Å². The number of furan rings is 1. The van der Waals surface area contributed by atoms with Crippen molar-refractivity contribution < 1.29 is 23.4 Å². The Morgan fingerprint density at radius 1 is 0.867 bits per heavy atom. The number of aromatic nitrogens is 2. The van der Waals surface area contributed by atoms with E-state index >= 15 is 0 Å². The van der Waals surface area contributed by atoms with E-state index in [-0.39, 0.29) is 0 Å². The summed E-state index contributed by atoms with van der Waals surface area (Å²) in [4.78, 5) is 18.3. The van der Waals surface area contributed by atoms with Crippen LogP contribution in [0.2, 0.25) is 0 Å². The van der Waals surface area contributed by atoms with Crippen LogP contribution in [0.5, 0.6) is 23.0 Å². The molecule has 2 aromatic heterocycles. The number of H-pyrrole nitrogens is 1. The van der Waals surface area contributed by atoms with Gasteiger partial charge in [0.05, 0.1) is 33.8 Å². The molecule has 0 fully saturated rings. The number of aromatic amines is 1. The number of fused-ring (bicyclic) bond motifs is 1. The van der Waals surface area contributed by atoms with Crippen molar-refractivity contribution in [1.29, 1.82) is 0 Å². The maximum absolute atomic E-state index is 11.7. The first-order chi connectivity index (χ1) is 14.6. The van der Waals surface area contributed by atoms with Crippen LogP contribution < -0.4 is 24.6 Å². The fourth-order valence-corrected chi connectivity index (χ4v) is 3.37. The summed E-state index contributed by atoms with van der Waals surface area (Å²) in [5, 5.41) is 0.670. The Kier molecular flexibility index (Phi) is 5.05. The second-order valence-corrected chi connectivity index (χ2v) is 6.38. The van der Waals surface area contributed by atoms with Crippen molar-refractivity contribution in [3.8, 4) is 45.4 Å². The Hall–Kier alpha value is -3.94. The molecule has 0 spiro atoms. The lowest BCUT2D eigenvalue weighted by Gasteiger charge is -2.14. The van der Waals surface area contributed by atoms with Crippen LogP contribution in [0.4, 0.5) is 0 Å². The minimum atomic E-state index is -0.492. The zero-order valence-electron chi connectivity index (χ0n) is 16.9. The molecule has 8 heteroatoms. The fraction of sp³-hybridized carbons (Fsp3) is 0.182. The molecule has 0 amide bonds. The van der Waals surface area contributed by atoms with Gasteiger partial charge in [-0.15, -0.1) is 0 Å². The summed E-state index contributed by atoms with van der Waals surface area (Å²) < 4.78 is 27.7. The van der Waals surface area contributed by atoms with E-state index in [2.05, 4.69) is 9.97 Å². The first kappa shape index (κ1) is 19.4. The predicted octanol–water partition coefficient (Wildman–Crippen LogP) is 3.88. The minimum absolute atomic E-state index is 0.324. The molecule has 0 radical (unpaired) electrons. The van der Waals surface area contributed by atoms with Crippen molar-refractivity contribution in [1.82, 2.24) is 9.97 Å². The molecule has 0 saturated heterocycles. The molecule has 4 rings (SSSR count). The van der Waals surface area contributed by atoms with Gasteiger partial charge in [-0.05, 0) is 29.8 Å². The first-order valence-corrected chi connectivity index (χ1v) is 9.06. The molecule has 0 atom stereocenters. The second-order valence-electron chi connectivity index (χ2n) is 6.38. The van der Waals surface area contributed by atoms with E-state index in [9.17, 15) is 4.79 Å². The van der Waals surface area contributed by atoms with Gasteiger partial charge in [0.15, 0.2) is 11.5 Å². The van der Waals surface area contributed by atoms with E-state index in [0.717, 1.165) is 16.9 Å². The van der Waals surface area contributed by atoms with Crippen LogP contribution in [0.25, 0.3) is 33.6 Å². The molecule has 0 aliphatic rings. The molecule has 0 unspecified atom stereocenters. The van der Waals surface area contributed by atoms with E-state index in [4.69, 9.17) is 23.4 Å². The SMILES string of the molecule is COc1ccc(-c2c(-c3cc(OC)c(OC)c(OC)c3)oc3[nH]c(=O)ncc23)cc1. The van der Waals surface area contributed by atoms with E-state index in [1.165, 1.54) is 6.20 Å². The highest BCUT2D eigenvalue weighted by atomic mass is 16.5. The van der Waals surface area contributed by atoms with Crippen LogP contribution in [0, 0.1) is 0 Å². The molecule has 1 N–H and O–H groups in total. The zero-order valence-corrected chi connectivity index (χ0v) is 16.9. The monoisotopic (exact) mass is 408 g/mol. The van der Waals surface area contributed by atoms with Gasteiger partial charge in [-0.2, -0.15) is 0 Å². The molecule has 4 aromatic rings. The van der Waals surface area contributed by atoms with Crippen molar-refractivity contribution in [2.45, 2.75) is 0 Å². The van der Waals surface area contributed by atoms with Crippen LogP contribution in [-0.2, 0) is 0 Å². The van der Waals surface area contributed by atoms with Gasteiger partial charge in [0.2, 0.25) is 11.5 Å². The Bertz CT molecular complexity index is 1230. The third-order valence-corrected chi connectivity index (χ3v) is 4.78. The van der Waals surface area contributed by atoms with Gasteiger partial charge in [0.25, 0.3) is 0 Å². The Balaban J connectivity index is 2.02. The third kappa shape index (κ3) is 3.22. The van der Waals surface area contributed by atoms with Gasteiger partial charge in [0, 0.05) is 17.3 Å². The Morgan fingerprint density at radius 3 is 2.10 bits per heavy atom. The highest BCUT2D eigenvalue weighted by Crippen LogP contribution is 2.46. The maximum Gasteiger partial charge on any atom is 0.347 e. The van der Waals surface area contributed by atoms with E-state index in [0.29, 0.717) is 39.7 Å². The number of hydrogen-bond acceptors (Lipinski definition) is 7. The Labute approximate surface area is 172 Å². The molecule has 2 aromatic carbocycles. The molecule has 0 saturated carbocycles. The lowest BCUT2D eigenvalue weighted by atomic mass is 9.99. The summed E-state index contributed by atoms with van der Waals surface area (Å²) >= 11 is 0. The normalized spacial score (nSPS) is 10.8. The fourth-order valence-electron chi connectivity index (χ4n) is 3.37. The van der Waals surface area contributed by atoms with Crippen LogP contribution in [-0.4, -0.2) is 38.4 Å². The summed E-state index contributed by atoms with van der Waals surface area (Å²) in [5.74, 6) is 2.70. The number of benzene rings is 2. The zero-order chi connectivity index (χ0) is 21.3. The van der Waals surface area contributed by atoms with Crippen LogP contribution in [0.15, 0.2) is 51.8 Å². The maximum atomic E-state index is 11.7. The second kappa shape index (κ2) is 7.82. The topological polar surface area (TPSA) is 95.8 Å². The van der Waals surface area contributed by atoms with Gasteiger partial charge in [-0.25, -0.2) is 9.78 Å². The van der Waals surface area contributed by atoms with Crippen molar-refractivity contribution in [2.24, 2.45) is 0 Å². The molecular weight excluding hydrogens is 388 g/mol. The number of methoxy groups -OCH3 is 4. The van der Waals surface area contributed by atoms with Crippen LogP contribution >= 0.6 is 0 Å². The van der Waals surface area contributed by atoms with Gasteiger partial charge >= 0.3 is 5.69 Å². The quantitative estimate of drug-likeness (QED) is 0.517. The average molecular weight is 408 g/mol. The smallest absolute Gasteiger partial charge is 0.347 e. The molecule has 0 aliphatic heterocycles. The molecule has 30 heavy (non-hydrogen) atoms. The van der Waals surface area contributed by atoms with E-state index in [1.54, 1.807) is 40.6 Å². The summed E-state index contributed by atoms with van der Waals surface area (Å²) in [5.41, 5.74) is 2.16. The van der Waals surface area contributed by atoms with Gasteiger partial charge in [-0.1, -0.05) is 12.1 Å². The van der Waals surface area contributed by atoms with Gasteiger partial charge in [0.1, 0.15) is 11.5 Å². The number of hydrogen-bond donors (Lipinski definition) is 1. The molecular formula is C22H20N2O6. The average Bonchev–Trinajstić information content (AvgIpc) is 3.16. The first-order valence-electron chi connectivity index (χ1n) is 9.06. The molecule has 2 heterocycles. The van der Waals surface area contributed by atoms with Crippen LogP contribution in [0.3, 0.4) is 0 Å². The van der Waals surface area contributed by atoms with E-state index in [1.807, 2.05) is 24.3 Å². The lowest BCUT2D eigenvalue weighted by Crippen LogP contribution is -2.07. The highest BCUT2D eigenvalue weighted by molar-refractivity contribution is 6.00. The lowest BCUT2D eigenvalue weighted by molar-refractivity contribution is 0.324. The summed E-state index contributed by atoms with van der Waals surface area (Å²) in [6.45, 7) is 0. The van der Waals surface area contributed by atoms with Crippen molar-refractivity contribution in [3.05, 3.63) is 53.1 Å². The number of rotatable bonds is 6. The molecule has 0 aliphatic carbocycles. The summed E-state index contributed by atoms with van der Waals surface area (Å²) in [6, 6.07) is 11.1. The standard InChI is InChI=1S/C22H20N2O6/c1-26-14-7-5-12(6-8-14)18-15-11-23-22(25)24-21(15)30-19(18)13-9-16(27-2)20(29-4)17(10-13)28-3/h5-11H,1-4H3,(H,23,24,25). The number of nitrogens with zero attached hydrogens (tertiary/aromatic N) is 1. The third-order valence-electron chi connectivity index (χ3n) is 4.78. The van der Waals surface area contributed by atoms with Crippen molar-refractivity contribution in [2.75, 3.05) is 28.4 Å². The molecule has 8 nitrogen and oxygen atoms in total. The minimum Gasteiger partial charge on any atom is -0.497 e. The van der Waals surface area contributed by atoms with E-state index < -0.39 is 5.69 Å².